The van der Waals surface area contributed by atoms with Gasteiger partial charge < -0.3 is 19.6 Å². The molecule has 5 aliphatic rings. The van der Waals surface area contributed by atoms with Gasteiger partial charge in [0.05, 0.1) is 0 Å². The first kappa shape index (κ1) is 56.8. The molecule has 0 N–H and O–H groups in total. The topological polar surface area (TPSA) is 9.23 Å². The summed E-state index contributed by atoms with van der Waals surface area (Å²) >= 11 is 0. The fraction of sp³-hybridized carbons (Fsp3) is 0.433. The van der Waals surface area contributed by atoms with E-state index in [0.29, 0.717) is 11.1 Å². The molecule has 6 unspecified atom stereocenters. The molecule has 2 saturated carbocycles. The SMILES string of the molecule is C1CCOC1.CCCC1=CC([Si](c2ccccc2)(c2ccccc2)C2C=CC(CCC)=C2)C=C1.CCCC1CCC([Si](c2ccccc2)(c2ccccc2)C2CCC(C)C2)C1.[CH3-].[CH3-].[Li+].[Li+]. The molecule has 4 aromatic rings. The molecule has 1 heterocycles. The summed E-state index contributed by atoms with van der Waals surface area (Å²) in [5.74, 6) is 1.88. The number of ether oxygens (including phenoxy) is 1. The Labute approximate surface area is 424 Å². The second-order valence-electron chi connectivity index (χ2n) is 19.1. The molecule has 65 heavy (non-hydrogen) atoms. The van der Waals surface area contributed by atoms with Gasteiger partial charge in [-0.05, 0) is 61.4 Å². The predicted molar refractivity (Wildman–Crippen MR) is 283 cm³/mol. The van der Waals surface area contributed by atoms with Gasteiger partial charge in [0.1, 0.15) is 16.1 Å². The third-order valence-electron chi connectivity index (χ3n) is 15.0. The molecular weight excluding hydrogens is 807 g/mol. The Bertz CT molecular complexity index is 1900. The van der Waals surface area contributed by atoms with Crippen LogP contribution in [0.3, 0.4) is 0 Å². The number of benzene rings is 4. The van der Waals surface area contributed by atoms with E-state index in [9.17, 15) is 0 Å². The zero-order valence-corrected chi connectivity index (χ0v) is 44.2. The first-order valence-electron chi connectivity index (χ1n) is 24.6. The van der Waals surface area contributed by atoms with Crippen LogP contribution in [0.15, 0.2) is 169 Å². The van der Waals surface area contributed by atoms with E-state index in [2.05, 4.69) is 185 Å². The van der Waals surface area contributed by atoms with Crippen molar-refractivity contribution in [1.29, 1.82) is 0 Å². The molecule has 0 spiro atoms. The molecule has 338 valence electrons. The van der Waals surface area contributed by atoms with Crippen LogP contribution in [0.1, 0.15) is 118 Å². The molecule has 0 aromatic heterocycles. The van der Waals surface area contributed by atoms with Crippen LogP contribution in [0, 0.1) is 26.7 Å². The third-order valence-corrected chi connectivity index (χ3v) is 26.6. The van der Waals surface area contributed by atoms with E-state index < -0.39 is 16.1 Å². The second-order valence-corrected chi connectivity index (χ2v) is 27.8. The Balaban J connectivity index is 0.000000295. The summed E-state index contributed by atoms with van der Waals surface area (Å²) in [5.41, 5.74) is 5.85. The molecule has 5 heteroatoms. The van der Waals surface area contributed by atoms with E-state index in [1.54, 1.807) is 20.7 Å². The maximum absolute atomic E-state index is 4.94. The van der Waals surface area contributed by atoms with Crippen molar-refractivity contribution >= 4 is 36.9 Å². The van der Waals surface area contributed by atoms with Crippen molar-refractivity contribution in [3.8, 4) is 0 Å². The second kappa shape index (κ2) is 28.7. The fourth-order valence-corrected chi connectivity index (χ4v) is 25.0. The molecule has 3 fully saturated rings. The summed E-state index contributed by atoms with van der Waals surface area (Å²) in [7, 11) is -3.94. The molecule has 0 amide bonds. The Kier molecular flexibility index (Phi) is 25.0. The minimum absolute atomic E-state index is 0. The van der Waals surface area contributed by atoms with Gasteiger partial charge in [0.15, 0.2) is 0 Å². The summed E-state index contributed by atoms with van der Waals surface area (Å²) in [6.07, 6.45) is 33.9. The van der Waals surface area contributed by atoms with Gasteiger partial charge in [0.25, 0.3) is 0 Å². The van der Waals surface area contributed by atoms with Gasteiger partial charge in [-0.3, -0.25) is 0 Å². The Morgan fingerprint density at radius 2 is 0.892 bits per heavy atom. The van der Waals surface area contributed by atoms with Crippen molar-refractivity contribution in [3.05, 3.63) is 184 Å². The summed E-state index contributed by atoms with van der Waals surface area (Å²) in [6, 6.07) is 46.4. The maximum atomic E-state index is 4.94. The standard InChI is InChI=1S/C28H32Si.C26H36Si.C4H8O.2CH3.2Li/c1-3-11-23-17-19-27(21-23)29(25-13-7-5-8-14-25,26-15-9-6-10-16-26)28-20-18-24(22-28)12-4-2;1-3-10-22-16-18-26(20-22)27(23-11-6-4-7-12-23,24-13-8-5-9-14-24)25-17-15-21(2)19-25;1-2-4-5-3-1;;;;/h5-10,13-22,27-28H,3-4,11-12H2,1-2H3;4-9,11-14,21-22,25-26H,3,10,15-20H2,1-2H3;1-4H2;2*1H3;;/q;;;2*-1;2*+1. The van der Waals surface area contributed by atoms with Gasteiger partial charge in [-0.1, -0.05) is 269 Å². The molecule has 9 rings (SSSR count). The van der Waals surface area contributed by atoms with Crippen molar-refractivity contribution in [2.45, 2.75) is 140 Å². The summed E-state index contributed by atoms with van der Waals surface area (Å²) in [4.78, 5) is 0. The molecule has 0 radical (unpaired) electrons. The van der Waals surface area contributed by atoms with Crippen LogP contribution in [-0.4, -0.2) is 29.4 Å². The van der Waals surface area contributed by atoms with Crippen molar-refractivity contribution < 1.29 is 42.5 Å². The van der Waals surface area contributed by atoms with E-state index >= 15 is 0 Å². The molecule has 4 aliphatic carbocycles. The monoisotopic (exact) mass is 889 g/mol. The normalized spacial score (nSPS) is 23.0. The first-order valence-corrected chi connectivity index (χ1v) is 28.9. The molecule has 4 aromatic carbocycles. The Morgan fingerprint density at radius 3 is 1.25 bits per heavy atom. The van der Waals surface area contributed by atoms with Crippen LogP contribution in [0.4, 0.5) is 0 Å². The van der Waals surface area contributed by atoms with E-state index in [1.807, 2.05) is 0 Å². The molecule has 0 bridgehead atoms. The van der Waals surface area contributed by atoms with Gasteiger partial charge in [0.2, 0.25) is 0 Å². The predicted octanol–water partition coefficient (Wildman–Crippen LogP) is 8.70. The molecule has 1 saturated heterocycles. The van der Waals surface area contributed by atoms with Crippen LogP contribution in [-0.2, 0) is 4.74 Å². The van der Waals surface area contributed by atoms with Crippen LogP contribution in [0.5, 0.6) is 0 Å². The van der Waals surface area contributed by atoms with Gasteiger partial charge >= 0.3 is 37.7 Å². The zero-order chi connectivity index (χ0) is 42.3. The number of rotatable bonds is 14. The van der Waals surface area contributed by atoms with E-state index in [4.69, 9.17) is 4.74 Å². The largest absolute Gasteiger partial charge is 1.00 e. The van der Waals surface area contributed by atoms with Crippen molar-refractivity contribution in [2.75, 3.05) is 13.2 Å². The average Bonchev–Trinajstić information content (AvgIpc) is 4.18. The van der Waals surface area contributed by atoms with E-state index in [1.165, 1.54) is 101 Å². The molecule has 6 atom stereocenters. The van der Waals surface area contributed by atoms with Crippen LogP contribution >= 0.6 is 0 Å². The van der Waals surface area contributed by atoms with Gasteiger partial charge in [0, 0.05) is 24.3 Å². The smallest absolute Gasteiger partial charge is 0.381 e. The minimum atomic E-state index is -2.15. The summed E-state index contributed by atoms with van der Waals surface area (Å²) < 4.78 is 4.94. The number of allylic oxidation sites excluding steroid dienone is 8. The quantitative estimate of drug-likeness (QED) is 0.0911. The number of hydrogen-bond donors (Lipinski definition) is 0. The van der Waals surface area contributed by atoms with E-state index in [-0.39, 0.29) is 52.6 Å². The Hall–Kier alpha value is -2.57. The van der Waals surface area contributed by atoms with Gasteiger partial charge in [-0.25, -0.2) is 0 Å². The summed E-state index contributed by atoms with van der Waals surface area (Å²) in [5, 5.41) is 6.52. The van der Waals surface area contributed by atoms with Crippen molar-refractivity contribution in [2.24, 2.45) is 11.8 Å². The molecular formula is C60H82Li2OSi2. The van der Waals surface area contributed by atoms with Gasteiger partial charge in [-0.15, -0.1) is 0 Å². The molecule has 1 aliphatic heterocycles. The van der Waals surface area contributed by atoms with Crippen LogP contribution in [0.2, 0.25) is 22.2 Å². The number of hydrogen-bond acceptors (Lipinski definition) is 1. The average molecular weight is 889 g/mol. The zero-order valence-electron chi connectivity index (χ0n) is 42.2. The van der Waals surface area contributed by atoms with Crippen LogP contribution < -0.4 is 58.5 Å². The fourth-order valence-electron chi connectivity index (χ4n) is 12.4. The maximum Gasteiger partial charge on any atom is 1.00 e. The van der Waals surface area contributed by atoms with Crippen molar-refractivity contribution in [3.63, 3.8) is 0 Å². The minimum Gasteiger partial charge on any atom is -0.381 e. The summed E-state index contributed by atoms with van der Waals surface area (Å²) in [6.45, 7) is 11.4. The van der Waals surface area contributed by atoms with Gasteiger partial charge in [-0.2, -0.15) is 0 Å². The Morgan fingerprint density at radius 1 is 0.492 bits per heavy atom. The molecule has 1 nitrogen and oxygen atoms in total. The van der Waals surface area contributed by atoms with E-state index in [0.717, 1.165) is 36.1 Å². The van der Waals surface area contributed by atoms with Crippen molar-refractivity contribution in [1.82, 2.24) is 0 Å². The third kappa shape index (κ3) is 13.4. The van der Waals surface area contributed by atoms with Crippen LogP contribution in [0.25, 0.3) is 0 Å². The first-order chi connectivity index (χ1) is 30.0.